The second-order valence-electron chi connectivity index (χ2n) is 5.83. The molecular weight excluding hydrogens is 320 g/mol. The molecule has 21 heavy (non-hydrogen) atoms. The monoisotopic (exact) mass is 340 g/mol. The van der Waals surface area contributed by atoms with Crippen LogP contribution in [-0.4, -0.2) is 0 Å². The van der Waals surface area contributed by atoms with Gasteiger partial charge in [-0.1, -0.05) is 78.7 Å². The molecule has 1 unspecified atom stereocenters. The number of hydrogen-bond donors (Lipinski definition) is 0. The molecule has 3 rings (SSSR count). The lowest BCUT2D eigenvalue weighted by Crippen LogP contribution is -1.97. The summed E-state index contributed by atoms with van der Waals surface area (Å²) in [5.74, 6) is 0.492. The molecule has 0 heterocycles. The standard InChI is InChI=1S/C20H21Br/c1-3-4-7-15-8-5-6-9-16(15)17-12-13-19(21)18-11-10-14(2)20(17)18/h5-6,8-14H,3-4,7H2,1-2H3. The van der Waals surface area contributed by atoms with Gasteiger partial charge in [-0.15, -0.1) is 0 Å². The van der Waals surface area contributed by atoms with Gasteiger partial charge in [-0.05, 0) is 46.7 Å². The topological polar surface area (TPSA) is 0 Å². The van der Waals surface area contributed by atoms with E-state index in [4.69, 9.17) is 0 Å². The third-order valence-corrected chi connectivity index (χ3v) is 5.04. The van der Waals surface area contributed by atoms with Gasteiger partial charge >= 0.3 is 0 Å². The first kappa shape index (κ1) is 14.6. The minimum absolute atomic E-state index is 0.492. The minimum Gasteiger partial charge on any atom is -0.0766 e. The summed E-state index contributed by atoms with van der Waals surface area (Å²) in [6.07, 6.45) is 8.21. The normalized spacial score (nSPS) is 16.2. The molecule has 0 nitrogen and oxygen atoms in total. The van der Waals surface area contributed by atoms with Crippen LogP contribution in [0.25, 0.3) is 17.2 Å². The maximum atomic E-state index is 3.69. The molecule has 0 N–H and O–H groups in total. The number of halogens is 1. The van der Waals surface area contributed by atoms with Crippen molar-refractivity contribution in [2.24, 2.45) is 0 Å². The van der Waals surface area contributed by atoms with Crippen LogP contribution in [0.2, 0.25) is 0 Å². The van der Waals surface area contributed by atoms with Crippen molar-refractivity contribution in [2.45, 2.75) is 39.0 Å². The lowest BCUT2D eigenvalue weighted by molar-refractivity contribution is 0.796. The van der Waals surface area contributed by atoms with E-state index in [2.05, 4.69) is 78.3 Å². The van der Waals surface area contributed by atoms with Crippen molar-refractivity contribution in [1.29, 1.82) is 0 Å². The molecule has 1 aliphatic carbocycles. The van der Waals surface area contributed by atoms with Crippen LogP contribution in [-0.2, 0) is 6.42 Å². The van der Waals surface area contributed by atoms with Crippen molar-refractivity contribution in [3.63, 3.8) is 0 Å². The molecule has 0 aliphatic heterocycles. The van der Waals surface area contributed by atoms with Crippen molar-refractivity contribution >= 4 is 22.0 Å². The zero-order valence-electron chi connectivity index (χ0n) is 12.7. The number of rotatable bonds is 4. The smallest absolute Gasteiger partial charge is 0.0251 e. The third-order valence-electron chi connectivity index (χ3n) is 4.35. The molecule has 0 amide bonds. The summed E-state index contributed by atoms with van der Waals surface area (Å²) in [5.41, 5.74) is 7.10. The van der Waals surface area contributed by atoms with E-state index < -0.39 is 0 Å². The fraction of sp³-hybridized carbons (Fsp3) is 0.300. The Morgan fingerprint density at radius 3 is 2.67 bits per heavy atom. The number of benzene rings is 2. The Morgan fingerprint density at radius 1 is 1.05 bits per heavy atom. The summed E-state index contributed by atoms with van der Waals surface area (Å²) < 4.78 is 1.20. The Kier molecular flexibility index (Phi) is 4.30. The van der Waals surface area contributed by atoms with E-state index in [1.165, 1.54) is 51.6 Å². The molecule has 2 aromatic rings. The van der Waals surface area contributed by atoms with Crippen LogP contribution in [0.4, 0.5) is 0 Å². The van der Waals surface area contributed by atoms with Crippen molar-refractivity contribution in [2.75, 3.05) is 0 Å². The van der Waals surface area contributed by atoms with E-state index >= 15 is 0 Å². The second kappa shape index (κ2) is 6.19. The summed E-state index contributed by atoms with van der Waals surface area (Å²) >= 11 is 3.69. The molecule has 0 fully saturated rings. The van der Waals surface area contributed by atoms with E-state index in [9.17, 15) is 0 Å². The molecule has 0 aromatic heterocycles. The molecule has 108 valence electrons. The SMILES string of the molecule is CCCCc1ccccc1-c1ccc(Br)c2c1C(C)C=C2. The molecular formula is C20H21Br. The highest BCUT2D eigenvalue weighted by atomic mass is 79.9. The van der Waals surface area contributed by atoms with Crippen LogP contribution >= 0.6 is 15.9 Å². The van der Waals surface area contributed by atoms with E-state index in [1.54, 1.807) is 0 Å². The largest absolute Gasteiger partial charge is 0.0766 e. The average molecular weight is 341 g/mol. The van der Waals surface area contributed by atoms with Gasteiger partial charge in [-0.25, -0.2) is 0 Å². The van der Waals surface area contributed by atoms with Crippen molar-refractivity contribution in [3.8, 4) is 11.1 Å². The highest BCUT2D eigenvalue weighted by Gasteiger charge is 2.21. The number of fused-ring (bicyclic) bond motifs is 1. The minimum atomic E-state index is 0.492. The van der Waals surface area contributed by atoms with Crippen LogP contribution < -0.4 is 0 Å². The molecule has 2 aromatic carbocycles. The fourth-order valence-electron chi connectivity index (χ4n) is 3.21. The summed E-state index contributed by atoms with van der Waals surface area (Å²) in [5, 5.41) is 0. The highest BCUT2D eigenvalue weighted by molar-refractivity contribution is 9.10. The highest BCUT2D eigenvalue weighted by Crippen LogP contribution is 2.42. The fourth-order valence-corrected chi connectivity index (χ4v) is 3.69. The predicted octanol–water partition coefficient (Wildman–Crippen LogP) is 6.59. The molecule has 0 radical (unpaired) electrons. The van der Waals surface area contributed by atoms with E-state index in [0.717, 1.165) is 0 Å². The molecule has 1 heteroatoms. The van der Waals surface area contributed by atoms with Crippen molar-refractivity contribution in [3.05, 3.63) is 63.6 Å². The lowest BCUT2D eigenvalue weighted by Gasteiger charge is -2.17. The maximum absolute atomic E-state index is 3.69. The number of unbranched alkanes of at least 4 members (excludes halogenated alkanes) is 1. The number of allylic oxidation sites excluding steroid dienone is 1. The first-order chi connectivity index (χ1) is 10.2. The second-order valence-corrected chi connectivity index (χ2v) is 6.69. The van der Waals surface area contributed by atoms with Gasteiger partial charge in [-0.2, -0.15) is 0 Å². The molecule has 0 saturated carbocycles. The van der Waals surface area contributed by atoms with Crippen LogP contribution in [0.3, 0.4) is 0 Å². The Labute approximate surface area is 136 Å². The van der Waals surface area contributed by atoms with Gasteiger partial charge in [0.1, 0.15) is 0 Å². The Bertz CT molecular complexity index is 682. The first-order valence-electron chi connectivity index (χ1n) is 7.81. The van der Waals surface area contributed by atoms with Gasteiger partial charge in [0.25, 0.3) is 0 Å². The summed E-state index contributed by atoms with van der Waals surface area (Å²) in [6.45, 7) is 4.54. The number of aryl methyl sites for hydroxylation is 1. The first-order valence-corrected chi connectivity index (χ1v) is 8.60. The van der Waals surface area contributed by atoms with Crippen LogP contribution in [0.1, 0.15) is 49.3 Å². The summed E-state index contributed by atoms with van der Waals surface area (Å²) in [4.78, 5) is 0. The molecule has 1 aliphatic rings. The van der Waals surface area contributed by atoms with Crippen molar-refractivity contribution in [1.82, 2.24) is 0 Å². The van der Waals surface area contributed by atoms with E-state index in [0.29, 0.717) is 5.92 Å². The molecule has 0 saturated heterocycles. The Morgan fingerprint density at radius 2 is 1.86 bits per heavy atom. The number of hydrogen-bond acceptors (Lipinski definition) is 0. The summed E-state index contributed by atoms with van der Waals surface area (Å²) in [6, 6.07) is 13.3. The Balaban J connectivity index is 2.13. The predicted molar refractivity (Wildman–Crippen MR) is 95.6 cm³/mol. The lowest BCUT2D eigenvalue weighted by atomic mass is 9.88. The van der Waals surface area contributed by atoms with Gasteiger partial charge < -0.3 is 0 Å². The molecule has 1 atom stereocenters. The molecule has 0 bridgehead atoms. The van der Waals surface area contributed by atoms with Crippen molar-refractivity contribution < 1.29 is 0 Å². The van der Waals surface area contributed by atoms with E-state index in [-0.39, 0.29) is 0 Å². The van der Waals surface area contributed by atoms with Gasteiger partial charge in [0.05, 0.1) is 0 Å². The molecule has 0 spiro atoms. The third kappa shape index (κ3) is 2.72. The van der Waals surface area contributed by atoms with Gasteiger partial charge in [0.2, 0.25) is 0 Å². The van der Waals surface area contributed by atoms with Gasteiger partial charge in [0.15, 0.2) is 0 Å². The zero-order valence-corrected chi connectivity index (χ0v) is 14.3. The maximum Gasteiger partial charge on any atom is 0.0251 e. The van der Waals surface area contributed by atoms with Gasteiger partial charge in [-0.3, -0.25) is 0 Å². The average Bonchev–Trinajstić information content (AvgIpc) is 2.89. The quantitative estimate of drug-likeness (QED) is 0.588. The Hall–Kier alpha value is -1.34. The van der Waals surface area contributed by atoms with Crippen LogP contribution in [0.15, 0.2) is 46.9 Å². The van der Waals surface area contributed by atoms with E-state index in [1.807, 2.05) is 0 Å². The van der Waals surface area contributed by atoms with Gasteiger partial charge in [0, 0.05) is 10.4 Å². The zero-order chi connectivity index (χ0) is 14.8. The van der Waals surface area contributed by atoms with Crippen LogP contribution in [0.5, 0.6) is 0 Å². The van der Waals surface area contributed by atoms with Crippen LogP contribution in [0, 0.1) is 0 Å². The summed E-state index contributed by atoms with van der Waals surface area (Å²) in [7, 11) is 0.